The Labute approximate surface area is 162 Å². The summed E-state index contributed by atoms with van der Waals surface area (Å²) in [5.74, 6) is 0.186. The summed E-state index contributed by atoms with van der Waals surface area (Å²) in [5, 5.41) is 3.61. The lowest BCUT2D eigenvalue weighted by Gasteiger charge is -2.12. The molecule has 2 aromatic heterocycles. The van der Waals surface area contributed by atoms with Crippen molar-refractivity contribution in [1.29, 1.82) is 0 Å². The van der Waals surface area contributed by atoms with E-state index in [1.807, 2.05) is 0 Å². The number of methoxy groups -OCH3 is 1. The molecule has 3 aromatic rings. The van der Waals surface area contributed by atoms with Gasteiger partial charge in [-0.15, -0.1) is 0 Å². The molecule has 8 heteroatoms. The predicted octanol–water partition coefficient (Wildman–Crippen LogP) is 2.42. The van der Waals surface area contributed by atoms with E-state index in [2.05, 4.69) is 22.2 Å². The SMILES string of the molecule is CCCCNc1nc(N)nc2ccn(Cc3ccc(C(=O)OC)cc3)c(=O)c12. The number of nitrogens with two attached hydrogens (primary N) is 1. The van der Waals surface area contributed by atoms with Crippen LogP contribution in [0.2, 0.25) is 0 Å². The zero-order valence-corrected chi connectivity index (χ0v) is 15.9. The normalized spacial score (nSPS) is 10.8. The number of fused-ring (bicyclic) bond motifs is 1. The van der Waals surface area contributed by atoms with Crippen LogP contribution in [0, 0.1) is 0 Å². The van der Waals surface area contributed by atoms with Crippen LogP contribution in [0.15, 0.2) is 41.3 Å². The second kappa shape index (κ2) is 8.51. The molecule has 3 rings (SSSR count). The molecular formula is C20H23N5O3. The number of carbonyl (C=O) groups excluding carboxylic acids is 1. The lowest BCUT2D eigenvalue weighted by atomic mass is 10.1. The first kappa shape index (κ1) is 19.3. The van der Waals surface area contributed by atoms with Crippen LogP contribution in [-0.4, -0.2) is 34.2 Å². The number of hydrogen-bond donors (Lipinski definition) is 2. The third-order valence-electron chi connectivity index (χ3n) is 4.39. The summed E-state index contributed by atoms with van der Waals surface area (Å²) in [4.78, 5) is 33.0. The molecular weight excluding hydrogens is 358 g/mol. The average molecular weight is 381 g/mol. The number of pyridine rings is 1. The van der Waals surface area contributed by atoms with Gasteiger partial charge in [0.2, 0.25) is 5.95 Å². The fraction of sp³-hybridized carbons (Fsp3) is 0.300. The Balaban J connectivity index is 1.95. The lowest BCUT2D eigenvalue weighted by Crippen LogP contribution is -2.22. The van der Waals surface area contributed by atoms with E-state index in [9.17, 15) is 9.59 Å². The van der Waals surface area contributed by atoms with Crippen LogP contribution in [0.1, 0.15) is 35.7 Å². The summed E-state index contributed by atoms with van der Waals surface area (Å²) in [6.07, 6.45) is 3.66. The van der Waals surface area contributed by atoms with Crippen LogP contribution in [0.5, 0.6) is 0 Å². The summed E-state index contributed by atoms with van der Waals surface area (Å²) in [6, 6.07) is 8.69. The first-order valence-corrected chi connectivity index (χ1v) is 9.11. The Bertz CT molecular complexity index is 1040. The highest BCUT2D eigenvalue weighted by molar-refractivity contribution is 5.89. The number of unbranched alkanes of at least 4 members (excludes halogenated alkanes) is 1. The smallest absolute Gasteiger partial charge is 0.337 e. The second-order valence-electron chi connectivity index (χ2n) is 6.41. The topological polar surface area (TPSA) is 112 Å². The standard InChI is InChI=1S/C20H23N5O3/c1-3-4-10-22-17-16-15(23-20(21)24-17)9-11-25(18(16)26)12-13-5-7-14(8-6-13)19(27)28-2/h5-9,11H,3-4,10,12H2,1-2H3,(H3,21,22,23,24). The molecule has 0 aliphatic rings. The van der Waals surface area contributed by atoms with E-state index >= 15 is 0 Å². The van der Waals surface area contributed by atoms with Gasteiger partial charge >= 0.3 is 5.97 Å². The number of esters is 1. The van der Waals surface area contributed by atoms with Gasteiger partial charge in [-0.3, -0.25) is 4.79 Å². The van der Waals surface area contributed by atoms with E-state index in [-0.39, 0.29) is 11.5 Å². The van der Waals surface area contributed by atoms with Gasteiger partial charge in [-0.2, -0.15) is 4.98 Å². The fourth-order valence-corrected chi connectivity index (χ4v) is 2.90. The largest absolute Gasteiger partial charge is 0.465 e. The number of hydrogen-bond acceptors (Lipinski definition) is 7. The van der Waals surface area contributed by atoms with Gasteiger partial charge < -0.3 is 20.4 Å². The Kier molecular flexibility index (Phi) is 5.88. The molecule has 8 nitrogen and oxygen atoms in total. The zero-order chi connectivity index (χ0) is 20.1. The molecule has 2 heterocycles. The molecule has 28 heavy (non-hydrogen) atoms. The highest BCUT2D eigenvalue weighted by Gasteiger charge is 2.13. The highest BCUT2D eigenvalue weighted by Crippen LogP contribution is 2.18. The van der Waals surface area contributed by atoms with Crippen LogP contribution in [0.3, 0.4) is 0 Å². The highest BCUT2D eigenvalue weighted by atomic mass is 16.5. The lowest BCUT2D eigenvalue weighted by molar-refractivity contribution is 0.0600. The molecule has 0 aliphatic heterocycles. The van der Waals surface area contributed by atoms with Crippen molar-refractivity contribution in [1.82, 2.24) is 14.5 Å². The molecule has 0 radical (unpaired) electrons. The molecule has 0 saturated heterocycles. The molecule has 0 saturated carbocycles. The number of rotatable bonds is 7. The van der Waals surface area contributed by atoms with Crippen LogP contribution >= 0.6 is 0 Å². The van der Waals surface area contributed by atoms with Gasteiger partial charge in [0, 0.05) is 12.7 Å². The molecule has 146 valence electrons. The van der Waals surface area contributed by atoms with Crippen molar-refractivity contribution in [3.05, 3.63) is 58.0 Å². The van der Waals surface area contributed by atoms with Gasteiger partial charge in [0.1, 0.15) is 11.2 Å². The Morgan fingerprint density at radius 1 is 1.21 bits per heavy atom. The molecule has 0 aliphatic carbocycles. The quantitative estimate of drug-likeness (QED) is 0.477. The predicted molar refractivity (Wildman–Crippen MR) is 108 cm³/mol. The Morgan fingerprint density at radius 3 is 2.64 bits per heavy atom. The van der Waals surface area contributed by atoms with E-state index in [4.69, 9.17) is 10.5 Å². The average Bonchev–Trinajstić information content (AvgIpc) is 2.70. The molecule has 0 amide bonds. The number of anilines is 2. The van der Waals surface area contributed by atoms with Crippen molar-refractivity contribution in [2.45, 2.75) is 26.3 Å². The summed E-state index contributed by atoms with van der Waals surface area (Å²) in [7, 11) is 1.34. The van der Waals surface area contributed by atoms with E-state index in [0.29, 0.717) is 35.4 Å². The first-order chi connectivity index (χ1) is 13.5. The maximum atomic E-state index is 13.0. The number of benzene rings is 1. The Morgan fingerprint density at radius 2 is 1.96 bits per heavy atom. The summed E-state index contributed by atoms with van der Waals surface area (Å²) >= 11 is 0. The molecule has 3 N–H and O–H groups in total. The van der Waals surface area contributed by atoms with E-state index in [0.717, 1.165) is 18.4 Å². The van der Waals surface area contributed by atoms with Crippen LogP contribution < -0.4 is 16.6 Å². The maximum absolute atomic E-state index is 13.0. The van der Waals surface area contributed by atoms with Crippen LogP contribution in [0.25, 0.3) is 10.9 Å². The van der Waals surface area contributed by atoms with Gasteiger partial charge in [0.25, 0.3) is 5.56 Å². The van der Waals surface area contributed by atoms with E-state index < -0.39 is 5.97 Å². The van der Waals surface area contributed by atoms with E-state index in [1.54, 1.807) is 41.1 Å². The third kappa shape index (κ3) is 4.11. The molecule has 0 spiro atoms. The minimum Gasteiger partial charge on any atom is -0.465 e. The monoisotopic (exact) mass is 381 g/mol. The van der Waals surface area contributed by atoms with Crippen molar-refractivity contribution < 1.29 is 9.53 Å². The van der Waals surface area contributed by atoms with Gasteiger partial charge in [0.15, 0.2) is 0 Å². The van der Waals surface area contributed by atoms with Gasteiger partial charge in [-0.1, -0.05) is 25.5 Å². The summed E-state index contributed by atoms with van der Waals surface area (Å²) in [5.41, 5.74) is 7.43. The fourth-order valence-electron chi connectivity index (χ4n) is 2.90. The second-order valence-corrected chi connectivity index (χ2v) is 6.41. The zero-order valence-electron chi connectivity index (χ0n) is 15.9. The van der Waals surface area contributed by atoms with Crippen LogP contribution in [-0.2, 0) is 11.3 Å². The van der Waals surface area contributed by atoms with Crippen molar-refractivity contribution in [2.24, 2.45) is 0 Å². The van der Waals surface area contributed by atoms with Crippen molar-refractivity contribution in [2.75, 3.05) is 24.7 Å². The van der Waals surface area contributed by atoms with E-state index in [1.165, 1.54) is 7.11 Å². The van der Waals surface area contributed by atoms with Crippen molar-refractivity contribution in [3.63, 3.8) is 0 Å². The van der Waals surface area contributed by atoms with Crippen molar-refractivity contribution in [3.8, 4) is 0 Å². The number of nitrogens with zero attached hydrogens (tertiary/aromatic N) is 3. The molecule has 0 fully saturated rings. The number of nitrogens with one attached hydrogen (secondary N) is 1. The Hall–Kier alpha value is -3.42. The number of nitrogen functional groups attached to an aromatic ring is 1. The van der Waals surface area contributed by atoms with Gasteiger partial charge in [-0.25, -0.2) is 9.78 Å². The summed E-state index contributed by atoms with van der Waals surface area (Å²) < 4.78 is 6.28. The minimum absolute atomic E-state index is 0.127. The maximum Gasteiger partial charge on any atom is 0.337 e. The molecule has 0 bridgehead atoms. The van der Waals surface area contributed by atoms with Crippen molar-refractivity contribution >= 4 is 28.6 Å². The number of aromatic nitrogens is 3. The van der Waals surface area contributed by atoms with Gasteiger partial charge in [0.05, 0.1) is 24.7 Å². The third-order valence-corrected chi connectivity index (χ3v) is 4.39. The minimum atomic E-state index is -0.396. The summed E-state index contributed by atoms with van der Waals surface area (Å²) in [6.45, 7) is 3.15. The molecule has 1 aromatic carbocycles. The van der Waals surface area contributed by atoms with Gasteiger partial charge in [-0.05, 0) is 30.2 Å². The molecule has 0 unspecified atom stereocenters. The first-order valence-electron chi connectivity index (χ1n) is 9.11. The number of ether oxygens (including phenoxy) is 1. The number of carbonyl (C=O) groups is 1. The molecule has 0 atom stereocenters. The van der Waals surface area contributed by atoms with Crippen LogP contribution in [0.4, 0.5) is 11.8 Å².